The maximum absolute atomic E-state index is 13.2. The number of aromatic carboxylic acids is 1. The van der Waals surface area contributed by atoms with E-state index in [1.165, 1.54) is 12.1 Å². The molecule has 1 N–H and O–H groups in total. The Labute approximate surface area is 171 Å². The van der Waals surface area contributed by atoms with E-state index in [9.17, 15) is 14.7 Å². The number of carbonyl (C=O) groups excluding carboxylic acids is 1. The number of amidine groups is 1. The lowest BCUT2D eigenvalue weighted by molar-refractivity contribution is 0.0696. The number of carboxylic acid groups (broad SMARTS) is 1. The first-order valence-electron chi connectivity index (χ1n) is 9.83. The molecule has 3 aromatic carbocycles. The molecule has 0 bridgehead atoms. The van der Waals surface area contributed by atoms with Crippen molar-refractivity contribution in [1.29, 1.82) is 0 Å². The van der Waals surface area contributed by atoms with Crippen LogP contribution in [0.1, 0.15) is 26.3 Å². The van der Waals surface area contributed by atoms with E-state index in [1.807, 2.05) is 18.2 Å². The Morgan fingerprint density at radius 2 is 1.83 bits per heavy atom. The zero-order valence-electron chi connectivity index (χ0n) is 16.0. The van der Waals surface area contributed by atoms with Gasteiger partial charge in [0.2, 0.25) is 0 Å². The van der Waals surface area contributed by atoms with Crippen LogP contribution in [-0.2, 0) is 4.74 Å². The lowest BCUT2D eigenvalue weighted by atomic mass is 10.0. The third kappa shape index (κ3) is 2.26. The van der Waals surface area contributed by atoms with Gasteiger partial charge in [0.25, 0.3) is 5.91 Å². The predicted octanol–water partition coefficient (Wildman–Crippen LogP) is 3.43. The third-order valence-electron chi connectivity index (χ3n) is 5.95. The molecule has 3 aromatic rings. The van der Waals surface area contributed by atoms with E-state index >= 15 is 0 Å². The Morgan fingerprint density at radius 1 is 1.00 bits per heavy atom. The normalized spacial score (nSPS) is 17.1. The largest absolute Gasteiger partial charge is 0.478 e. The molecule has 0 atom stereocenters. The molecule has 148 valence electrons. The highest BCUT2D eigenvalue weighted by molar-refractivity contribution is 6.40. The highest BCUT2D eigenvalue weighted by atomic mass is 16.5. The Kier molecular flexibility index (Phi) is 3.52. The Morgan fingerprint density at radius 3 is 2.63 bits per heavy atom. The van der Waals surface area contributed by atoms with Crippen LogP contribution in [0.2, 0.25) is 0 Å². The van der Waals surface area contributed by atoms with Crippen molar-refractivity contribution in [1.82, 2.24) is 0 Å². The highest BCUT2D eigenvalue weighted by Gasteiger charge is 2.39. The average Bonchev–Trinajstić information content (AvgIpc) is 3.06. The van der Waals surface area contributed by atoms with Crippen LogP contribution in [0.25, 0.3) is 10.8 Å². The van der Waals surface area contributed by atoms with Crippen molar-refractivity contribution in [2.45, 2.75) is 0 Å². The number of carboxylic acids is 1. The van der Waals surface area contributed by atoms with Gasteiger partial charge in [0.05, 0.1) is 35.7 Å². The lowest BCUT2D eigenvalue weighted by Crippen LogP contribution is -2.36. The zero-order chi connectivity index (χ0) is 20.4. The number of hydrogen-bond donors (Lipinski definition) is 1. The van der Waals surface area contributed by atoms with Gasteiger partial charge >= 0.3 is 5.97 Å². The van der Waals surface area contributed by atoms with Crippen LogP contribution in [0.4, 0.5) is 17.1 Å². The highest BCUT2D eigenvalue weighted by Crippen LogP contribution is 2.46. The molecule has 3 heterocycles. The van der Waals surface area contributed by atoms with Crippen LogP contribution in [0.5, 0.6) is 0 Å². The van der Waals surface area contributed by atoms with E-state index in [4.69, 9.17) is 9.73 Å². The molecular weight excluding hydrogens is 382 g/mol. The molecule has 0 saturated carbocycles. The van der Waals surface area contributed by atoms with E-state index in [0.29, 0.717) is 30.2 Å². The van der Waals surface area contributed by atoms with Crippen molar-refractivity contribution in [2.75, 3.05) is 36.1 Å². The van der Waals surface area contributed by atoms with Gasteiger partial charge in [-0.05, 0) is 36.4 Å². The first kappa shape index (κ1) is 17.2. The molecule has 0 spiro atoms. The van der Waals surface area contributed by atoms with E-state index in [1.54, 1.807) is 11.0 Å². The molecule has 3 aliphatic rings. The second-order valence-electron chi connectivity index (χ2n) is 7.54. The molecule has 0 aromatic heterocycles. The van der Waals surface area contributed by atoms with E-state index < -0.39 is 5.97 Å². The summed E-state index contributed by atoms with van der Waals surface area (Å²) in [4.78, 5) is 33.3. The SMILES string of the molecule is O=C(O)c1ccc2c(c1)C1=Nc3ccc(N4CCOCC4)c4cccc(c34)N1C2=O. The fraction of sp³-hybridized carbons (Fsp3) is 0.174. The number of amides is 1. The maximum Gasteiger partial charge on any atom is 0.335 e. The van der Waals surface area contributed by atoms with Gasteiger partial charge in [-0.1, -0.05) is 12.1 Å². The summed E-state index contributed by atoms with van der Waals surface area (Å²) in [5.74, 6) is -0.731. The number of rotatable bonds is 2. The summed E-state index contributed by atoms with van der Waals surface area (Å²) in [6, 6.07) is 14.5. The molecule has 6 rings (SSSR count). The van der Waals surface area contributed by atoms with Crippen molar-refractivity contribution in [2.24, 2.45) is 4.99 Å². The van der Waals surface area contributed by atoms with E-state index in [0.717, 1.165) is 40.9 Å². The van der Waals surface area contributed by atoms with Crippen molar-refractivity contribution >= 4 is 45.5 Å². The number of benzene rings is 3. The van der Waals surface area contributed by atoms with Crippen LogP contribution < -0.4 is 9.80 Å². The summed E-state index contributed by atoms with van der Waals surface area (Å²) < 4.78 is 5.49. The molecule has 1 saturated heterocycles. The van der Waals surface area contributed by atoms with Gasteiger partial charge in [-0.3, -0.25) is 9.69 Å². The lowest BCUT2D eigenvalue weighted by Gasteiger charge is -2.31. The van der Waals surface area contributed by atoms with Gasteiger partial charge in [0.15, 0.2) is 0 Å². The van der Waals surface area contributed by atoms with Crippen LogP contribution in [0.3, 0.4) is 0 Å². The number of anilines is 2. The fourth-order valence-electron chi connectivity index (χ4n) is 4.55. The smallest absolute Gasteiger partial charge is 0.335 e. The minimum atomic E-state index is -1.03. The Bertz CT molecular complexity index is 1290. The summed E-state index contributed by atoms with van der Waals surface area (Å²) in [5.41, 5.74) is 3.83. The molecule has 0 aliphatic carbocycles. The first-order chi connectivity index (χ1) is 14.6. The van der Waals surface area contributed by atoms with Crippen molar-refractivity contribution < 1.29 is 19.4 Å². The molecule has 3 aliphatic heterocycles. The van der Waals surface area contributed by atoms with Gasteiger partial charge in [0, 0.05) is 35.1 Å². The monoisotopic (exact) mass is 399 g/mol. The maximum atomic E-state index is 13.2. The molecule has 30 heavy (non-hydrogen) atoms. The first-order valence-corrected chi connectivity index (χ1v) is 9.83. The summed E-state index contributed by atoms with van der Waals surface area (Å²) in [7, 11) is 0. The number of carbonyl (C=O) groups is 2. The Hall–Kier alpha value is -3.71. The second-order valence-corrected chi connectivity index (χ2v) is 7.54. The zero-order valence-corrected chi connectivity index (χ0v) is 16.0. The number of hydrogen-bond acceptors (Lipinski definition) is 5. The molecular formula is C23H17N3O4. The van der Waals surface area contributed by atoms with Gasteiger partial charge < -0.3 is 14.7 Å². The van der Waals surface area contributed by atoms with Crippen LogP contribution in [0, 0.1) is 0 Å². The van der Waals surface area contributed by atoms with E-state index in [-0.39, 0.29) is 11.5 Å². The van der Waals surface area contributed by atoms with Crippen molar-refractivity contribution in [3.63, 3.8) is 0 Å². The van der Waals surface area contributed by atoms with Gasteiger partial charge in [0.1, 0.15) is 5.84 Å². The van der Waals surface area contributed by atoms with Crippen molar-refractivity contribution in [3.8, 4) is 0 Å². The molecule has 0 radical (unpaired) electrons. The molecule has 1 amide bonds. The average molecular weight is 399 g/mol. The van der Waals surface area contributed by atoms with Crippen LogP contribution >= 0.6 is 0 Å². The van der Waals surface area contributed by atoms with Crippen LogP contribution in [-0.4, -0.2) is 49.1 Å². The van der Waals surface area contributed by atoms with Gasteiger partial charge in [-0.15, -0.1) is 0 Å². The summed E-state index contributed by atoms with van der Waals surface area (Å²) in [5, 5.41) is 11.3. The van der Waals surface area contributed by atoms with E-state index in [2.05, 4.69) is 17.0 Å². The summed E-state index contributed by atoms with van der Waals surface area (Å²) in [6.07, 6.45) is 0. The summed E-state index contributed by atoms with van der Waals surface area (Å²) >= 11 is 0. The topological polar surface area (TPSA) is 82.4 Å². The molecule has 1 fully saturated rings. The number of aliphatic imine (C=N–C) groups is 1. The summed E-state index contributed by atoms with van der Waals surface area (Å²) in [6.45, 7) is 3.02. The molecule has 0 unspecified atom stereocenters. The minimum Gasteiger partial charge on any atom is -0.478 e. The standard InChI is InChI=1S/C23H17N3O4/c27-22-14-5-4-13(23(28)29)12-16(14)21-24-17-6-7-18(25-8-10-30-11-9-25)15-2-1-3-19(20(15)17)26(21)22/h1-7,12H,8-11H2,(H,28,29). The molecule has 7 nitrogen and oxygen atoms in total. The quantitative estimate of drug-likeness (QED) is 0.714. The van der Waals surface area contributed by atoms with Crippen LogP contribution in [0.15, 0.2) is 53.5 Å². The predicted molar refractivity (Wildman–Crippen MR) is 113 cm³/mol. The number of morpholine rings is 1. The van der Waals surface area contributed by atoms with Crippen molar-refractivity contribution in [3.05, 3.63) is 65.2 Å². The Balaban J connectivity index is 1.57. The minimum absolute atomic E-state index is 0.137. The number of fused-ring (bicyclic) bond motifs is 4. The van der Waals surface area contributed by atoms with Gasteiger partial charge in [-0.25, -0.2) is 9.79 Å². The number of ether oxygens (including phenoxy) is 1. The number of nitrogens with zero attached hydrogens (tertiary/aromatic N) is 3. The fourth-order valence-corrected chi connectivity index (χ4v) is 4.55. The third-order valence-corrected chi connectivity index (χ3v) is 5.95. The molecule has 7 heteroatoms. The van der Waals surface area contributed by atoms with Gasteiger partial charge in [-0.2, -0.15) is 0 Å². The second kappa shape index (κ2) is 6.14.